The van der Waals surface area contributed by atoms with Crippen LogP contribution in [0.1, 0.15) is 37.4 Å². The largest absolute Gasteiger partial charge is 0.367 e. The average molecular weight is 422 g/mol. The number of aryl methyl sites for hydroxylation is 1. The Hall–Kier alpha value is -3.06. The summed E-state index contributed by atoms with van der Waals surface area (Å²) in [5.74, 6) is -0.167. The first-order valence-corrected chi connectivity index (χ1v) is 10.9. The summed E-state index contributed by atoms with van der Waals surface area (Å²) < 4.78 is 14.7. The third-order valence-electron chi connectivity index (χ3n) is 5.98. The normalized spacial score (nSPS) is 16.8. The zero-order valence-electron chi connectivity index (χ0n) is 17.8. The van der Waals surface area contributed by atoms with E-state index in [9.17, 15) is 9.18 Å². The number of rotatable bonds is 6. The maximum atomic E-state index is 14.7. The molecule has 2 aliphatic rings. The Morgan fingerprint density at radius 1 is 1.29 bits per heavy atom. The number of allylic oxidation sites excluding steroid dienone is 1. The number of nitrogens with one attached hydrogen (secondary N) is 1. The number of halogens is 1. The molecule has 2 aliphatic heterocycles. The van der Waals surface area contributed by atoms with E-state index < -0.39 is 0 Å². The van der Waals surface area contributed by atoms with Crippen LogP contribution in [0.25, 0.3) is 5.70 Å². The Balaban J connectivity index is 1.50. The van der Waals surface area contributed by atoms with E-state index in [1.54, 1.807) is 18.3 Å². The van der Waals surface area contributed by atoms with Crippen LogP contribution in [0.3, 0.4) is 0 Å². The predicted octanol–water partition coefficient (Wildman–Crippen LogP) is 3.78. The molecule has 2 aromatic rings. The van der Waals surface area contributed by atoms with Gasteiger partial charge in [-0.05, 0) is 56.0 Å². The van der Waals surface area contributed by atoms with E-state index in [0.717, 1.165) is 49.3 Å². The van der Waals surface area contributed by atoms with E-state index in [4.69, 9.17) is 5.73 Å². The van der Waals surface area contributed by atoms with Gasteiger partial charge in [-0.15, -0.1) is 0 Å². The quantitative estimate of drug-likeness (QED) is 0.744. The number of carbonyl (C=O) groups is 1. The van der Waals surface area contributed by atoms with Crippen molar-refractivity contribution < 1.29 is 9.18 Å². The minimum Gasteiger partial charge on any atom is -0.367 e. The number of nitrogens with two attached hydrogens (primary N) is 1. The molecule has 1 fully saturated rings. The van der Waals surface area contributed by atoms with Crippen molar-refractivity contribution in [3.8, 4) is 0 Å². The number of aromatic nitrogens is 1. The number of aliphatic imine (C=N–C) groups is 1. The van der Waals surface area contributed by atoms with Crippen LogP contribution in [-0.2, 0) is 11.2 Å². The zero-order valence-corrected chi connectivity index (χ0v) is 17.8. The molecule has 1 amide bonds. The average Bonchev–Trinajstić information content (AvgIpc) is 3.30. The van der Waals surface area contributed by atoms with Crippen molar-refractivity contribution >= 4 is 28.7 Å². The number of anilines is 2. The van der Waals surface area contributed by atoms with E-state index in [1.165, 1.54) is 6.07 Å². The Kier molecular flexibility index (Phi) is 6.42. The molecular weight excluding hydrogens is 393 g/mol. The van der Waals surface area contributed by atoms with Gasteiger partial charge in [-0.3, -0.25) is 9.78 Å². The number of para-hydroxylation sites is 1. The highest BCUT2D eigenvalue weighted by molar-refractivity contribution is 6.45. The van der Waals surface area contributed by atoms with E-state index in [2.05, 4.69) is 15.3 Å². The number of pyridine rings is 1. The van der Waals surface area contributed by atoms with Gasteiger partial charge in [0, 0.05) is 37.0 Å². The molecule has 6 nitrogen and oxygen atoms in total. The van der Waals surface area contributed by atoms with Crippen molar-refractivity contribution in [1.29, 1.82) is 0 Å². The molecule has 1 aromatic carbocycles. The fourth-order valence-corrected chi connectivity index (χ4v) is 4.11. The maximum absolute atomic E-state index is 14.7. The van der Waals surface area contributed by atoms with Crippen LogP contribution in [0, 0.1) is 11.7 Å². The standard InChI is InChI=1S/C24H28FN5O/c1-2-18-14-17(8-11-27-18)20-6-7-22(28-20)24(31)29-21-5-3-4-19(25)23(21)30-12-9-16(15-26)10-13-30/h3-6,8,11,14,16H,2,7,9-10,12-13,15,26H2,1H3,(H,29,31). The second-order valence-electron chi connectivity index (χ2n) is 8.00. The van der Waals surface area contributed by atoms with Gasteiger partial charge < -0.3 is 16.0 Å². The lowest BCUT2D eigenvalue weighted by molar-refractivity contribution is -0.110. The molecule has 1 aromatic heterocycles. The van der Waals surface area contributed by atoms with Gasteiger partial charge in [0.25, 0.3) is 5.91 Å². The lowest BCUT2D eigenvalue weighted by Crippen LogP contribution is -2.37. The van der Waals surface area contributed by atoms with E-state index in [1.807, 2.05) is 30.0 Å². The molecule has 0 radical (unpaired) electrons. The Morgan fingerprint density at radius 2 is 2.10 bits per heavy atom. The predicted molar refractivity (Wildman–Crippen MR) is 123 cm³/mol. The zero-order chi connectivity index (χ0) is 21.8. The van der Waals surface area contributed by atoms with Crippen molar-refractivity contribution in [2.45, 2.75) is 32.6 Å². The number of nitrogens with zero attached hydrogens (tertiary/aromatic N) is 3. The van der Waals surface area contributed by atoms with E-state index >= 15 is 0 Å². The van der Waals surface area contributed by atoms with Gasteiger partial charge in [0.1, 0.15) is 11.5 Å². The Bertz CT molecular complexity index is 1020. The minimum atomic E-state index is -0.333. The summed E-state index contributed by atoms with van der Waals surface area (Å²) >= 11 is 0. The molecule has 7 heteroatoms. The number of amides is 1. The topological polar surface area (TPSA) is 83.6 Å². The third-order valence-corrected chi connectivity index (χ3v) is 5.98. The molecule has 0 bridgehead atoms. The van der Waals surface area contributed by atoms with Crippen LogP contribution in [-0.4, -0.2) is 36.2 Å². The SMILES string of the molecule is CCc1cc(C2=CCC(C(=O)Nc3cccc(F)c3N3CCC(CN)CC3)=N2)ccn1. The summed E-state index contributed by atoms with van der Waals surface area (Å²) in [5.41, 5.74) is 9.82. The van der Waals surface area contributed by atoms with Crippen molar-refractivity contribution in [3.63, 3.8) is 0 Å². The van der Waals surface area contributed by atoms with Crippen LogP contribution in [0.4, 0.5) is 15.8 Å². The first kappa shape index (κ1) is 21.2. The number of piperidine rings is 1. The molecule has 3 heterocycles. The highest BCUT2D eigenvalue weighted by Crippen LogP contribution is 2.33. The minimum absolute atomic E-state index is 0.306. The van der Waals surface area contributed by atoms with Crippen molar-refractivity contribution in [3.05, 3.63) is 59.7 Å². The number of hydrogen-bond donors (Lipinski definition) is 2. The molecule has 4 rings (SSSR count). The van der Waals surface area contributed by atoms with Crippen molar-refractivity contribution in [2.75, 3.05) is 29.9 Å². The van der Waals surface area contributed by atoms with Crippen LogP contribution in [0.2, 0.25) is 0 Å². The van der Waals surface area contributed by atoms with Crippen LogP contribution < -0.4 is 16.0 Å². The first-order valence-electron chi connectivity index (χ1n) is 10.9. The van der Waals surface area contributed by atoms with Gasteiger partial charge in [0.15, 0.2) is 0 Å². The lowest BCUT2D eigenvalue weighted by Gasteiger charge is -2.34. The van der Waals surface area contributed by atoms with E-state index in [-0.39, 0.29) is 11.7 Å². The molecule has 0 spiro atoms. The number of hydrogen-bond acceptors (Lipinski definition) is 5. The highest BCUT2D eigenvalue weighted by Gasteiger charge is 2.25. The molecule has 162 valence electrons. The summed E-state index contributed by atoms with van der Waals surface area (Å²) in [6.45, 7) is 4.15. The Morgan fingerprint density at radius 3 is 2.84 bits per heavy atom. The van der Waals surface area contributed by atoms with Gasteiger partial charge in [-0.1, -0.05) is 19.1 Å². The smallest absolute Gasteiger partial charge is 0.270 e. The van der Waals surface area contributed by atoms with Crippen molar-refractivity contribution in [1.82, 2.24) is 4.98 Å². The number of carbonyl (C=O) groups excluding carboxylic acids is 1. The summed E-state index contributed by atoms with van der Waals surface area (Å²) in [7, 11) is 0. The van der Waals surface area contributed by atoms with Gasteiger partial charge in [0.2, 0.25) is 0 Å². The molecular formula is C24H28FN5O. The molecule has 0 saturated carbocycles. The lowest BCUT2D eigenvalue weighted by atomic mass is 9.96. The maximum Gasteiger partial charge on any atom is 0.270 e. The highest BCUT2D eigenvalue weighted by atomic mass is 19.1. The molecule has 0 unspecified atom stereocenters. The van der Waals surface area contributed by atoms with Gasteiger partial charge in [-0.2, -0.15) is 0 Å². The van der Waals surface area contributed by atoms with Crippen LogP contribution in [0.5, 0.6) is 0 Å². The van der Waals surface area contributed by atoms with Gasteiger partial charge in [-0.25, -0.2) is 9.38 Å². The second kappa shape index (κ2) is 9.39. The van der Waals surface area contributed by atoms with Crippen molar-refractivity contribution in [2.24, 2.45) is 16.6 Å². The molecule has 31 heavy (non-hydrogen) atoms. The first-order chi connectivity index (χ1) is 15.1. The molecule has 0 aliphatic carbocycles. The third kappa shape index (κ3) is 4.66. The summed E-state index contributed by atoms with van der Waals surface area (Å²) in [5, 5.41) is 2.89. The molecule has 0 atom stereocenters. The second-order valence-corrected chi connectivity index (χ2v) is 8.00. The van der Waals surface area contributed by atoms with E-state index in [0.29, 0.717) is 36.0 Å². The van der Waals surface area contributed by atoms with Crippen LogP contribution in [0.15, 0.2) is 47.6 Å². The summed E-state index contributed by atoms with van der Waals surface area (Å²) in [6.07, 6.45) is 6.82. The van der Waals surface area contributed by atoms with Gasteiger partial charge >= 0.3 is 0 Å². The monoisotopic (exact) mass is 421 g/mol. The molecule has 3 N–H and O–H groups in total. The number of benzene rings is 1. The fraction of sp³-hybridized carbons (Fsp3) is 0.375. The molecule has 1 saturated heterocycles. The summed E-state index contributed by atoms with van der Waals surface area (Å²) in [6, 6.07) is 8.67. The summed E-state index contributed by atoms with van der Waals surface area (Å²) in [4.78, 5) is 23.8. The Labute approximate surface area is 182 Å². The van der Waals surface area contributed by atoms with Gasteiger partial charge in [0.05, 0.1) is 17.1 Å². The fourth-order valence-electron chi connectivity index (χ4n) is 4.11. The van der Waals surface area contributed by atoms with Crippen LogP contribution >= 0.6 is 0 Å².